The Bertz CT molecular complexity index is 3230. The van der Waals surface area contributed by atoms with Gasteiger partial charge >= 0.3 is 35.8 Å². The molecule has 102 heavy (non-hydrogen) atoms. The number of esters is 6. The number of ether oxygens (including phenoxy) is 17. The van der Waals surface area contributed by atoms with Crippen molar-refractivity contribution in [2.45, 2.75) is 188 Å². The van der Waals surface area contributed by atoms with Gasteiger partial charge in [0.2, 0.25) is 18.9 Å². The second-order valence-corrected chi connectivity index (χ2v) is 24.1. The first-order chi connectivity index (χ1) is 48.7. The number of benzene rings is 1. The summed E-state index contributed by atoms with van der Waals surface area (Å²) in [6, 6.07) is 5.87. The molecule has 8 rings (SSSR count). The molecule has 0 saturated carbocycles. The Morgan fingerprint density at radius 3 is 1.15 bits per heavy atom. The maximum absolute atomic E-state index is 14.3. The van der Waals surface area contributed by atoms with E-state index >= 15 is 0 Å². The quantitative estimate of drug-likeness (QED) is 0.0178. The third-order valence-electron chi connectivity index (χ3n) is 17.9. The van der Waals surface area contributed by atoms with Crippen LogP contribution in [0.1, 0.15) is 45.6 Å². The SMILES string of the molecule is C/C=C1/[C@H](O[C@@H]2O[C@H](CO)[C@@H](O)[C@H](O)[C@H]2O)OC=C(C(=O)OC)[C@H]1CC(=O)OC[C@H]1O[C@@H](OCCc2ccc(OC(=O)C[C@@H]3C(C(=O)OC)=CO[C@@H](O[C@@H]4O[C@H](CO)[C@@H](O)[C@H](O)[C@H]4O)/C3=C/C)cc2)[C@H](OC(=O)C[C@@H]2C(C(=O)OC)=CO[C@@H](O[C@@H]3O[C@H](CO)[C@@H](O)[C@H](O)[C@H]3O)/C2=C/C)[C@@H](O)[C@@H]1O. The van der Waals surface area contributed by atoms with Gasteiger partial charge in [0.05, 0.1) is 103 Å². The molecule has 0 spiro atoms. The summed E-state index contributed by atoms with van der Waals surface area (Å²) in [7, 11) is 3.18. The summed E-state index contributed by atoms with van der Waals surface area (Å²) in [5.74, 6) is -9.72. The molecular weight excluding hydrogens is 1370 g/mol. The third kappa shape index (κ3) is 18.4. The fraction of sp³-hybridized carbons (Fsp3) is 0.631. The van der Waals surface area contributed by atoms with Crippen molar-refractivity contribution in [1.29, 1.82) is 0 Å². The molecule has 0 unspecified atom stereocenters. The van der Waals surface area contributed by atoms with Gasteiger partial charge in [-0.25, -0.2) is 14.4 Å². The van der Waals surface area contributed by atoms with Crippen molar-refractivity contribution >= 4 is 35.8 Å². The number of aliphatic hydroxyl groups excluding tert-OH is 14. The molecular formula is C65H86O37. The van der Waals surface area contributed by atoms with Crippen LogP contribution in [0.15, 0.2) is 94.7 Å². The van der Waals surface area contributed by atoms with Crippen molar-refractivity contribution in [2.24, 2.45) is 17.8 Å². The highest BCUT2D eigenvalue weighted by molar-refractivity contribution is 5.92. The van der Waals surface area contributed by atoms with Crippen molar-refractivity contribution in [3.8, 4) is 5.75 Å². The summed E-state index contributed by atoms with van der Waals surface area (Å²) in [4.78, 5) is 81.3. The Hall–Kier alpha value is -7.00. The number of rotatable bonds is 26. The predicted octanol–water partition coefficient (Wildman–Crippen LogP) is -5.40. The summed E-state index contributed by atoms with van der Waals surface area (Å²) in [6.45, 7) is 0.923. The molecule has 26 atom stereocenters. The first-order valence-corrected chi connectivity index (χ1v) is 32.2. The molecule has 37 nitrogen and oxygen atoms in total. The second-order valence-electron chi connectivity index (χ2n) is 24.1. The fourth-order valence-electron chi connectivity index (χ4n) is 12.2. The Morgan fingerprint density at radius 2 is 0.784 bits per heavy atom. The number of carbonyl (C=O) groups excluding carboxylic acids is 6. The highest BCUT2D eigenvalue weighted by atomic mass is 16.8. The number of methoxy groups -OCH3 is 3. The highest BCUT2D eigenvalue weighted by Crippen LogP contribution is 2.41. The van der Waals surface area contributed by atoms with Crippen molar-refractivity contribution in [3.63, 3.8) is 0 Å². The Labute approximate surface area is 581 Å². The zero-order chi connectivity index (χ0) is 74.5. The molecule has 7 aliphatic rings. The van der Waals surface area contributed by atoms with Crippen molar-refractivity contribution in [2.75, 3.05) is 54.4 Å². The number of carbonyl (C=O) groups is 6. The van der Waals surface area contributed by atoms with Gasteiger partial charge in [-0.2, -0.15) is 0 Å². The normalized spacial score (nSPS) is 37.5. The van der Waals surface area contributed by atoms with E-state index in [0.29, 0.717) is 5.56 Å². The Morgan fingerprint density at radius 1 is 0.431 bits per heavy atom. The van der Waals surface area contributed by atoms with Crippen LogP contribution in [-0.2, 0) is 111 Å². The Kier molecular flexibility index (Phi) is 29.0. The Balaban J connectivity index is 0.976. The fourth-order valence-corrected chi connectivity index (χ4v) is 12.2. The third-order valence-corrected chi connectivity index (χ3v) is 17.9. The van der Waals surface area contributed by atoms with Gasteiger partial charge in [-0.15, -0.1) is 0 Å². The van der Waals surface area contributed by atoms with Gasteiger partial charge in [-0.3, -0.25) is 14.4 Å². The van der Waals surface area contributed by atoms with Crippen LogP contribution in [-0.4, -0.2) is 303 Å². The first-order valence-electron chi connectivity index (χ1n) is 32.2. The van der Waals surface area contributed by atoms with E-state index in [9.17, 15) is 100 Å². The molecule has 7 aliphatic heterocycles. The standard InChI is InChI=1S/C65H86O37/c1-7-28-31(34(56(83)86-4)22-91-59(28)100-62-52(80)48(76)44(72)37(19-66)95-62)16-41(69)90-25-40-47(75)51(79)55(99-43(71)18-33-30(9-3)61(93-24-36(33)58(85)88-6)102-64-54(82)50(78)46(74)39(21-68)97-64)65(98-40)89-15-14-26-10-12-27(13-11-26)94-42(70)17-32-29(8-2)60(92-23-35(32)57(84)87-5)101-63-53(81)49(77)45(73)38(20-67)96-63/h7-13,22-24,31-33,37-40,44-55,59-68,72-82H,14-21,25H2,1-6H3/b28-7+,29-8+,30-9+/t31-,32-,33-,37+,38+,39+,40+,44+,45+,46+,47+,48-,49-,50-,51-,52+,53+,54+,55+,59-,60-,61-,62-,63-,64-,65+/m0/s1. The van der Waals surface area contributed by atoms with Crippen molar-refractivity contribution in [3.05, 3.63) is 100 Å². The first kappa shape index (κ1) is 80.7. The molecule has 4 saturated heterocycles. The molecule has 0 aliphatic carbocycles. The largest absolute Gasteiger partial charge is 0.468 e. The number of aliphatic hydroxyl groups is 14. The topological polar surface area (TPSA) is 543 Å². The van der Waals surface area contributed by atoms with Crippen LogP contribution >= 0.6 is 0 Å². The molecule has 0 bridgehead atoms. The maximum atomic E-state index is 14.3. The van der Waals surface area contributed by atoms with Crippen molar-refractivity contribution in [1.82, 2.24) is 0 Å². The average Bonchev–Trinajstić information content (AvgIpc) is 0.795. The van der Waals surface area contributed by atoms with Gasteiger partial charge in [0.1, 0.15) is 104 Å². The summed E-state index contributed by atoms with van der Waals surface area (Å²) >= 11 is 0. The van der Waals surface area contributed by atoms with Gasteiger partial charge < -0.3 is 152 Å². The lowest BCUT2D eigenvalue weighted by molar-refractivity contribution is -0.327. The van der Waals surface area contributed by atoms with Gasteiger partial charge in [0.25, 0.3) is 0 Å². The van der Waals surface area contributed by atoms with Crippen LogP contribution in [0.2, 0.25) is 0 Å². The molecule has 568 valence electrons. The van der Waals surface area contributed by atoms with Crippen LogP contribution in [0.25, 0.3) is 0 Å². The zero-order valence-corrected chi connectivity index (χ0v) is 55.8. The molecule has 37 heteroatoms. The lowest BCUT2D eigenvalue weighted by Crippen LogP contribution is -2.61. The lowest BCUT2D eigenvalue weighted by Gasteiger charge is -2.42. The summed E-state index contributed by atoms with van der Waals surface area (Å²) < 4.78 is 95.0. The minimum atomic E-state index is -2.12. The average molecular weight is 1460 g/mol. The van der Waals surface area contributed by atoms with Crippen LogP contribution in [0, 0.1) is 17.8 Å². The molecule has 0 aromatic heterocycles. The van der Waals surface area contributed by atoms with Crippen LogP contribution in [0.4, 0.5) is 0 Å². The minimum Gasteiger partial charge on any atom is -0.468 e. The van der Waals surface area contributed by atoms with E-state index in [1.54, 1.807) is 0 Å². The van der Waals surface area contributed by atoms with Gasteiger partial charge in [0, 0.05) is 34.5 Å². The smallest absolute Gasteiger partial charge is 0.337 e. The molecule has 7 heterocycles. The highest BCUT2D eigenvalue weighted by Gasteiger charge is 2.53. The second kappa shape index (κ2) is 36.6. The maximum Gasteiger partial charge on any atom is 0.337 e. The molecule has 0 radical (unpaired) electrons. The number of hydrogen-bond acceptors (Lipinski definition) is 37. The molecule has 4 fully saturated rings. The van der Waals surface area contributed by atoms with E-state index < -0.39 is 241 Å². The summed E-state index contributed by atoms with van der Waals surface area (Å²) in [5.41, 5.74) is 0.0920. The molecule has 1 aromatic carbocycles. The van der Waals surface area contributed by atoms with E-state index in [0.717, 1.165) is 40.1 Å². The van der Waals surface area contributed by atoms with E-state index in [4.69, 9.17) is 80.5 Å². The summed E-state index contributed by atoms with van der Waals surface area (Å²) in [5, 5.41) is 147. The molecule has 0 amide bonds. The molecule has 1 aromatic rings. The van der Waals surface area contributed by atoms with Crippen LogP contribution < -0.4 is 4.74 Å². The molecule has 14 N–H and O–H groups in total. The van der Waals surface area contributed by atoms with Gasteiger partial charge in [-0.05, 0) is 44.9 Å². The number of allylic oxidation sites excluding steroid dienone is 3. The van der Waals surface area contributed by atoms with E-state index in [1.807, 2.05) is 0 Å². The van der Waals surface area contributed by atoms with Gasteiger partial charge in [-0.1, -0.05) is 30.4 Å². The monoisotopic (exact) mass is 1460 g/mol. The lowest BCUT2D eigenvalue weighted by atomic mass is 9.86. The zero-order valence-electron chi connectivity index (χ0n) is 55.8. The van der Waals surface area contributed by atoms with Crippen LogP contribution in [0.3, 0.4) is 0 Å². The van der Waals surface area contributed by atoms with E-state index in [1.165, 1.54) is 63.3 Å². The van der Waals surface area contributed by atoms with Gasteiger partial charge in [0.15, 0.2) is 31.3 Å². The van der Waals surface area contributed by atoms with Crippen molar-refractivity contribution < 1.29 is 181 Å². The number of hydrogen-bond donors (Lipinski definition) is 14. The summed E-state index contributed by atoms with van der Waals surface area (Å²) in [6.07, 6.45) is -34.8. The van der Waals surface area contributed by atoms with Crippen LogP contribution in [0.5, 0.6) is 5.75 Å². The van der Waals surface area contributed by atoms with E-state index in [2.05, 4.69) is 0 Å². The van der Waals surface area contributed by atoms with E-state index in [-0.39, 0.29) is 52.2 Å². The minimum absolute atomic E-state index is 0.00569. The predicted molar refractivity (Wildman–Crippen MR) is 328 cm³/mol.